The van der Waals surface area contributed by atoms with Crippen molar-refractivity contribution >= 4 is 29.1 Å². The van der Waals surface area contributed by atoms with E-state index in [9.17, 15) is 10.4 Å². The molecule has 0 amide bonds. The number of rotatable bonds is 3. The van der Waals surface area contributed by atoms with E-state index in [4.69, 9.17) is 5.73 Å². The molecule has 2 N–H and O–H groups in total. The first-order chi connectivity index (χ1) is 11.1. The highest BCUT2D eigenvalue weighted by molar-refractivity contribution is 5.70. The van der Waals surface area contributed by atoms with Crippen LogP contribution in [0.25, 0.3) is 23.2 Å². The lowest BCUT2D eigenvalue weighted by molar-refractivity contribution is -0.630. The van der Waals surface area contributed by atoms with Crippen molar-refractivity contribution in [3.63, 3.8) is 0 Å². The number of aryl methyl sites for hydroxylation is 1. The highest BCUT2D eigenvalue weighted by Gasteiger charge is 2.16. The second-order valence-electron chi connectivity index (χ2n) is 4.99. The van der Waals surface area contributed by atoms with E-state index in [2.05, 4.69) is 9.97 Å². The Morgan fingerprint density at radius 3 is 2.61 bits per heavy atom. The first-order valence-corrected chi connectivity index (χ1v) is 7.14. The molecule has 3 aromatic rings. The molecule has 0 radical (unpaired) electrons. The monoisotopic (exact) mass is 309 g/mol. The third-order valence-electron chi connectivity index (χ3n) is 3.43. The molecular weight excluding hydrogens is 294 g/mol. The first-order valence-electron chi connectivity index (χ1n) is 7.14. The van der Waals surface area contributed by atoms with Crippen LogP contribution >= 0.6 is 0 Å². The van der Waals surface area contributed by atoms with Crippen LogP contribution < -0.4 is 15.2 Å². The Hall–Kier alpha value is -3.22. The lowest BCUT2D eigenvalue weighted by atomic mass is 10.2. The molecule has 0 saturated carbocycles. The topological polar surface area (TPSA) is 106 Å². The van der Waals surface area contributed by atoms with Crippen LogP contribution in [0, 0.1) is 10.4 Å². The van der Waals surface area contributed by atoms with E-state index < -0.39 is 0 Å². The minimum absolute atomic E-state index is 0.177. The third-order valence-corrected chi connectivity index (χ3v) is 3.43. The van der Waals surface area contributed by atoms with Gasteiger partial charge in [0.25, 0.3) is 22.9 Å². The van der Waals surface area contributed by atoms with E-state index in [0.717, 1.165) is 12.1 Å². The van der Waals surface area contributed by atoms with Crippen LogP contribution in [-0.2, 0) is 6.42 Å². The van der Waals surface area contributed by atoms with Crippen molar-refractivity contribution in [2.45, 2.75) is 13.3 Å². The fourth-order valence-corrected chi connectivity index (χ4v) is 2.29. The number of nitrogen functional groups attached to an aromatic ring is 1. The maximum absolute atomic E-state index is 12.3. The largest absolute Gasteiger partial charge is 0.618 e. The Morgan fingerprint density at radius 1 is 1.13 bits per heavy atom. The third kappa shape index (κ3) is 2.89. The van der Waals surface area contributed by atoms with E-state index in [1.54, 1.807) is 36.4 Å². The van der Waals surface area contributed by atoms with Crippen molar-refractivity contribution in [1.82, 2.24) is 9.97 Å². The summed E-state index contributed by atoms with van der Waals surface area (Å²) in [4.78, 5) is 8.19. The van der Waals surface area contributed by atoms with E-state index >= 15 is 0 Å². The summed E-state index contributed by atoms with van der Waals surface area (Å²) in [6, 6.07) is 8.41. The van der Waals surface area contributed by atoms with Gasteiger partial charge in [-0.15, -0.1) is 0 Å². The number of hydrogen-bond donors (Lipinski definition) is 1. The summed E-state index contributed by atoms with van der Waals surface area (Å²) in [6.07, 6.45) is 5.13. The first kappa shape index (κ1) is 14.7. The van der Waals surface area contributed by atoms with Gasteiger partial charge in [0.2, 0.25) is 5.95 Å². The summed E-state index contributed by atoms with van der Waals surface area (Å²) >= 11 is 0. The number of nitrogens with zero attached hydrogens (tertiary/aromatic N) is 4. The molecule has 7 nitrogen and oxygen atoms in total. The van der Waals surface area contributed by atoms with Crippen LogP contribution in [0.2, 0.25) is 0 Å². The van der Waals surface area contributed by atoms with Gasteiger partial charge < -0.3 is 16.1 Å². The number of hydrogen-bond acceptors (Lipinski definition) is 5. The number of fused-ring (bicyclic) bond motifs is 1. The van der Waals surface area contributed by atoms with Crippen molar-refractivity contribution in [2.75, 3.05) is 5.73 Å². The van der Waals surface area contributed by atoms with Gasteiger partial charge in [0.15, 0.2) is 0 Å². The van der Waals surface area contributed by atoms with Crippen LogP contribution in [0.4, 0.5) is 5.95 Å². The molecule has 116 valence electrons. The van der Waals surface area contributed by atoms with Gasteiger partial charge in [0.1, 0.15) is 0 Å². The van der Waals surface area contributed by atoms with Gasteiger partial charge in [0, 0.05) is 23.9 Å². The molecule has 0 atom stereocenters. The second kappa shape index (κ2) is 5.88. The molecule has 1 aromatic carbocycles. The zero-order valence-electron chi connectivity index (χ0n) is 12.5. The summed E-state index contributed by atoms with van der Waals surface area (Å²) < 4.78 is 1.39. The van der Waals surface area contributed by atoms with Crippen LogP contribution in [0.5, 0.6) is 0 Å². The molecule has 7 heteroatoms. The molecule has 0 bridgehead atoms. The molecule has 0 aliphatic carbocycles. The zero-order chi connectivity index (χ0) is 16.4. The van der Waals surface area contributed by atoms with Crippen molar-refractivity contribution in [2.24, 2.45) is 0 Å². The van der Waals surface area contributed by atoms with Crippen molar-refractivity contribution in [3.8, 4) is 0 Å². The quantitative estimate of drug-likeness (QED) is 0.578. The Labute approximate surface area is 132 Å². The minimum atomic E-state index is 0.177. The van der Waals surface area contributed by atoms with E-state index in [1.807, 2.05) is 6.92 Å². The average molecular weight is 309 g/mol. The Balaban J connectivity index is 2.05. The van der Waals surface area contributed by atoms with Crippen molar-refractivity contribution in [3.05, 3.63) is 64.0 Å². The van der Waals surface area contributed by atoms with E-state index in [0.29, 0.717) is 26.2 Å². The van der Waals surface area contributed by atoms with Gasteiger partial charge in [-0.25, -0.2) is 9.97 Å². The predicted octanol–water partition coefficient (Wildman–Crippen LogP) is 1.21. The second-order valence-corrected chi connectivity index (χ2v) is 4.99. The molecule has 2 heterocycles. The van der Waals surface area contributed by atoms with Gasteiger partial charge in [-0.05, 0) is 18.6 Å². The molecular formula is C16H15N5O2. The molecule has 3 rings (SSSR count). The maximum Gasteiger partial charge on any atom is 0.290 e. The molecule has 0 aliphatic rings. The Morgan fingerprint density at radius 2 is 1.87 bits per heavy atom. The molecule has 0 unspecified atom stereocenters. The smallest absolute Gasteiger partial charge is 0.290 e. The van der Waals surface area contributed by atoms with E-state index in [1.165, 1.54) is 12.3 Å². The van der Waals surface area contributed by atoms with Gasteiger partial charge in [0.05, 0.1) is 5.69 Å². The predicted molar refractivity (Wildman–Crippen MR) is 86.6 cm³/mol. The lowest BCUT2D eigenvalue weighted by Gasteiger charge is -2.05. The van der Waals surface area contributed by atoms with Crippen molar-refractivity contribution < 1.29 is 9.46 Å². The van der Waals surface area contributed by atoms with Gasteiger partial charge >= 0.3 is 0 Å². The Bertz CT molecular complexity index is 908. The molecule has 0 saturated heterocycles. The molecule has 0 spiro atoms. The van der Waals surface area contributed by atoms with Crippen molar-refractivity contribution in [1.29, 1.82) is 0 Å². The van der Waals surface area contributed by atoms with Gasteiger partial charge in [-0.1, -0.05) is 19.1 Å². The lowest BCUT2D eigenvalue weighted by Crippen LogP contribution is -2.40. The zero-order valence-corrected chi connectivity index (χ0v) is 12.5. The molecule has 23 heavy (non-hydrogen) atoms. The number of benzene rings is 1. The summed E-state index contributed by atoms with van der Waals surface area (Å²) in [5, 5.41) is 24.4. The highest BCUT2D eigenvalue weighted by Crippen LogP contribution is 2.09. The van der Waals surface area contributed by atoms with Crippen LogP contribution in [0.1, 0.15) is 24.0 Å². The molecule has 0 aliphatic heterocycles. The Kier molecular flexibility index (Phi) is 3.76. The molecule has 0 fully saturated rings. The maximum atomic E-state index is 12.3. The normalized spacial score (nSPS) is 11.3. The van der Waals surface area contributed by atoms with Gasteiger partial charge in [-0.2, -0.15) is 9.46 Å². The number of anilines is 1. The van der Waals surface area contributed by atoms with Crippen LogP contribution in [0.15, 0.2) is 36.5 Å². The fourth-order valence-electron chi connectivity index (χ4n) is 2.29. The summed E-state index contributed by atoms with van der Waals surface area (Å²) in [5.41, 5.74) is 7.89. The fraction of sp³-hybridized carbons (Fsp3) is 0.125. The van der Waals surface area contributed by atoms with Gasteiger partial charge in [-0.3, -0.25) is 0 Å². The van der Waals surface area contributed by atoms with Crippen LogP contribution in [0.3, 0.4) is 0 Å². The number of nitrogens with two attached hydrogens (primary N) is 1. The van der Waals surface area contributed by atoms with Crippen LogP contribution in [-0.4, -0.2) is 9.97 Å². The summed E-state index contributed by atoms with van der Waals surface area (Å²) in [6.45, 7) is 1.96. The highest BCUT2D eigenvalue weighted by atomic mass is 16.5. The summed E-state index contributed by atoms with van der Waals surface area (Å²) in [7, 11) is 0. The number of para-hydroxylation sites is 2. The summed E-state index contributed by atoms with van der Waals surface area (Å²) in [5.74, 6) is 0.177. The van der Waals surface area contributed by atoms with E-state index in [-0.39, 0.29) is 11.6 Å². The minimum Gasteiger partial charge on any atom is -0.618 e. The SMILES string of the molecule is CCc1cc(/C=C/c2c[n+]([O-])c3ccccc3[n+]2[O-])nc(N)n1. The number of aromatic nitrogens is 4. The standard InChI is InChI=1S/C16H15N5O2/c1-2-11-9-12(19-16(17)18-11)7-8-13-10-20(22)14-5-3-4-6-15(14)21(13)23/h3-10H,2H2,1H3,(H2,17,18,19)/b8-7+. The average Bonchev–Trinajstić information content (AvgIpc) is 2.56. The molecule has 2 aromatic heterocycles.